The maximum atomic E-state index is 5.42. The van der Waals surface area contributed by atoms with Gasteiger partial charge >= 0.3 is 0 Å². The number of aryl methyl sites for hydroxylation is 1. The summed E-state index contributed by atoms with van der Waals surface area (Å²) in [6.07, 6.45) is 0. The Labute approximate surface area is 171 Å². The van der Waals surface area contributed by atoms with Gasteiger partial charge in [-0.15, -0.1) is 21.5 Å². The maximum Gasteiger partial charge on any atom is 0.191 e. The number of guanidine groups is 1. The van der Waals surface area contributed by atoms with Crippen molar-refractivity contribution in [2.24, 2.45) is 12.0 Å². The quantitative estimate of drug-likeness (QED) is 0.510. The topological polar surface area (TPSA) is 79.6 Å². The molecule has 0 bridgehead atoms. The zero-order chi connectivity index (χ0) is 19.8. The minimum Gasteiger partial charge on any atom is -0.379 e. The predicted octanol–water partition coefficient (Wildman–Crippen LogP) is 1.36. The number of aliphatic imine (C=N–C) groups is 1. The van der Waals surface area contributed by atoms with Crippen LogP contribution in [0, 0.1) is 6.92 Å². The molecule has 2 aromatic rings. The van der Waals surface area contributed by atoms with Crippen LogP contribution in [0.25, 0.3) is 0 Å². The van der Waals surface area contributed by atoms with Crippen LogP contribution in [-0.4, -0.2) is 71.6 Å². The summed E-state index contributed by atoms with van der Waals surface area (Å²) in [4.78, 5) is 8.53. The van der Waals surface area contributed by atoms with E-state index in [0.717, 1.165) is 63.5 Å². The highest BCUT2D eigenvalue weighted by Gasteiger charge is 2.12. The molecule has 1 aliphatic heterocycles. The van der Waals surface area contributed by atoms with Crippen LogP contribution in [0.3, 0.4) is 0 Å². The van der Waals surface area contributed by atoms with Gasteiger partial charge in [0.1, 0.15) is 12.4 Å². The lowest BCUT2D eigenvalue weighted by atomic mass is 10.1. The zero-order valence-corrected chi connectivity index (χ0v) is 17.8. The molecule has 0 saturated carbocycles. The Morgan fingerprint density at radius 2 is 2.14 bits per heavy atom. The summed E-state index contributed by atoms with van der Waals surface area (Å²) in [6.45, 7) is 11.0. The van der Waals surface area contributed by atoms with Crippen molar-refractivity contribution in [2.45, 2.75) is 26.3 Å². The summed E-state index contributed by atoms with van der Waals surface area (Å²) in [5.74, 6) is 3.00. The Kier molecular flexibility index (Phi) is 7.81. The van der Waals surface area contributed by atoms with E-state index in [1.54, 1.807) is 11.3 Å². The van der Waals surface area contributed by atoms with Gasteiger partial charge in [0.15, 0.2) is 11.8 Å². The van der Waals surface area contributed by atoms with Gasteiger partial charge in [0.2, 0.25) is 0 Å². The van der Waals surface area contributed by atoms with E-state index in [9.17, 15) is 0 Å². The largest absolute Gasteiger partial charge is 0.379 e. The van der Waals surface area contributed by atoms with Crippen LogP contribution in [0.15, 0.2) is 22.5 Å². The first-order valence-corrected chi connectivity index (χ1v) is 10.7. The molecule has 1 unspecified atom stereocenters. The smallest absolute Gasteiger partial charge is 0.191 e. The second kappa shape index (κ2) is 10.5. The SMILES string of the molecule is Cc1nnc(CN=C(NCCN2CCOCC2)NCC(C)c2cccs2)n1C. The van der Waals surface area contributed by atoms with Crippen LogP contribution in [-0.2, 0) is 18.3 Å². The van der Waals surface area contributed by atoms with Gasteiger partial charge in [0, 0.05) is 50.6 Å². The predicted molar refractivity (Wildman–Crippen MR) is 113 cm³/mol. The Bertz CT molecular complexity index is 738. The van der Waals surface area contributed by atoms with Crippen molar-refractivity contribution in [1.29, 1.82) is 0 Å². The van der Waals surface area contributed by atoms with E-state index >= 15 is 0 Å². The Morgan fingerprint density at radius 1 is 1.32 bits per heavy atom. The van der Waals surface area contributed by atoms with Crippen molar-refractivity contribution in [3.63, 3.8) is 0 Å². The second-order valence-corrected chi connectivity index (χ2v) is 8.04. The molecule has 0 spiro atoms. The zero-order valence-electron chi connectivity index (χ0n) is 17.0. The van der Waals surface area contributed by atoms with Gasteiger partial charge in [-0.05, 0) is 18.4 Å². The van der Waals surface area contributed by atoms with E-state index in [4.69, 9.17) is 9.73 Å². The molecule has 2 aromatic heterocycles. The average molecular weight is 406 g/mol. The third kappa shape index (κ3) is 6.02. The average Bonchev–Trinajstić information content (AvgIpc) is 3.36. The molecule has 3 rings (SSSR count). The molecule has 0 aliphatic carbocycles. The van der Waals surface area contributed by atoms with E-state index in [1.165, 1.54) is 4.88 Å². The number of ether oxygens (including phenoxy) is 1. The number of thiophene rings is 1. The van der Waals surface area contributed by atoms with E-state index in [1.807, 2.05) is 18.5 Å². The van der Waals surface area contributed by atoms with Crippen molar-refractivity contribution in [3.8, 4) is 0 Å². The highest BCUT2D eigenvalue weighted by atomic mass is 32.1. The van der Waals surface area contributed by atoms with E-state index in [2.05, 4.69) is 50.2 Å². The number of morpholine rings is 1. The van der Waals surface area contributed by atoms with Gasteiger partial charge in [-0.3, -0.25) is 4.90 Å². The van der Waals surface area contributed by atoms with Crippen LogP contribution in [0.4, 0.5) is 0 Å². The minimum atomic E-state index is 0.434. The number of hydrogen-bond acceptors (Lipinski definition) is 6. The van der Waals surface area contributed by atoms with Gasteiger partial charge in [0.25, 0.3) is 0 Å². The van der Waals surface area contributed by atoms with Crippen molar-refractivity contribution in [2.75, 3.05) is 45.9 Å². The van der Waals surface area contributed by atoms with E-state index in [-0.39, 0.29) is 0 Å². The number of aromatic nitrogens is 3. The molecule has 1 fully saturated rings. The molecule has 8 nitrogen and oxygen atoms in total. The molecule has 0 amide bonds. The van der Waals surface area contributed by atoms with Gasteiger partial charge < -0.3 is 19.9 Å². The van der Waals surface area contributed by atoms with Gasteiger partial charge in [-0.2, -0.15) is 0 Å². The molecule has 1 saturated heterocycles. The molecule has 1 aliphatic rings. The normalized spacial score (nSPS) is 16.9. The summed E-state index contributed by atoms with van der Waals surface area (Å²) in [5.41, 5.74) is 0. The molecule has 2 N–H and O–H groups in total. The second-order valence-electron chi connectivity index (χ2n) is 7.07. The number of nitrogens with one attached hydrogen (secondary N) is 2. The Morgan fingerprint density at radius 3 is 2.82 bits per heavy atom. The first-order valence-electron chi connectivity index (χ1n) is 9.84. The van der Waals surface area contributed by atoms with Crippen molar-refractivity contribution in [3.05, 3.63) is 34.0 Å². The standard InChI is InChI=1S/C19H31N7OS/c1-15(17-5-4-12-28-17)13-21-19(20-6-7-26-8-10-27-11-9-26)22-14-18-24-23-16(2)25(18)3/h4-5,12,15H,6-11,13-14H2,1-3H3,(H2,20,21,22). The fourth-order valence-corrected chi connectivity index (χ4v) is 3.78. The van der Waals surface area contributed by atoms with Crippen LogP contribution in [0.1, 0.15) is 29.4 Å². The van der Waals surface area contributed by atoms with Crippen LogP contribution < -0.4 is 10.6 Å². The molecule has 3 heterocycles. The molecule has 154 valence electrons. The fourth-order valence-electron chi connectivity index (χ4n) is 2.99. The van der Waals surface area contributed by atoms with Crippen molar-refractivity contribution in [1.82, 2.24) is 30.3 Å². The van der Waals surface area contributed by atoms with E-state index in [0.29, 0.717) is 12.5 Å². The van der Waals surface area contributed by atoms with Crippen molar-refractivity contribution >= 4 is 17.3 Å². The van der Waals surface area contributed by atoms with E-state index < -0.39 is 0 Å². The molecule has 0 aromatic carbocycles. The maximum absolute atomic E-state index is 5.42. The molecular weight excluding hydrogens is 374 g/mol. The van der Waals surface area contributed by atoms with Gasteiger partial charge in [0.05, 0.1) is 13.2 Å². The molecule has 0 radical (unpaired) electrons. The fraction of sp³-hybridized carbons (Fsp3) is 0.632. The third-order valence-corrected chi connectivity index (χ3v) is 6.09. The van der Waals surface area contributed by atoms with Gasteiger partial charge in [-0.25, -0.2) is 4.99 Å². The highest BCUT2D eigenvalue weighted by Crippen LogP contribution is 2.19. The lowest BCUT2D eigenvalue weighted by molar-refractivity contribution is 0.0389. The number of hydrogen-bond donors (Lipinski definition) is 2. The minimum absolute atomic E-state index is 0.434. The Hall–Kier alpha value is -1.97. The first kappa shape index (κ1) is 20.8. The summed E-state index contributed by atoms with van der Waals surface area (Å²) in [6, 6.07) is 4.28. The molecule has 28 heavy (non-hydrogen) atoms. The molecular formula is C19H31N7OS. The Balaban J connectivity index is 1.55. The molecule has 1 atom stereocenters. The summed E-state index contributed by atoms with van der Waals surface area (Å²) in [7, 11) is 1.97. The summed E-state index contributed by atoms with van der Waals surface area (Å²) in [5, 5.41) is 17.4. The van der Waals surface area contributed by atoms with Crippen LogP contribution in [0.5, 0.6) is 0 Å². The monoisotopic (exact) mass is 405 g/mol. The van der Waals surface area contributed by atoms with Crippen LogP contribution in [0.2, 0.25) is 0 Å². The lowest BCUT2D eigenvalue weighted by Crippen LogP contribution is -2.45. The summed E-state index contributed by atoms with van der Waals surface area (Å²) >= 11 is 1.79. The van der Waals surface area contributed by atoms with Crippen LogP contribution >= 0.6 is 11.3 Å². The number of nitrogens with zero attached hydrogens (tertiary/aromatic N) is 5. The summed E-state index contributed by atoms with van der Waals surface area (Å²) < 4.78 is 7.39. The third-order valence-electron chi connectivity index (χ3n) is 4.99. The first-order chi connectivity index (χ1) is 13.6. The van der Waals surface area contributed by atoms with Gasteiger partial charge in [-0.1, -0.05) is 13.0 Å². The number of rotatable bonds is 8. The molecule has 9 heteroatoms. The van der Waals surface area contributed by atoms with Crippen molar-refractivity contribution < 1.29 is 4.74 Å². The highest BCUT2D eigenvalue weighted by molar-refractivity contribution is 7.10. The lowest BCUT2D eigenvalue weighted by Gasteiger charge is -2.27.